The molecule has 0 aliphatic heterocycles. The second kappa shape index (κ2) is 5.95. The average molecular weight is 311 g/mol. The molecule has 0 saturated heterocycles. The van der Waals surface area contributed by atoms with Gasteiger partial charge in [-0.15, -0.1) is 11.3 Å². The summed E-state index contributed by atoms with van der Waals surface area (Å²) >= 11 is 1.32. The van der Waals surface area contributed by atoms with Crippen LogP contribution >= 0.6 is 11.3 Å². The maximum atomic E-state index is 12.1. The number of hydrogen-bond acceptors (Lipinski definition) is 4. The van der Waals surface area contributed by atoms with Crippen molar-refractivity contribution in [3.05, 3.63) is 69.5 Å². The first-order valence-corrected chi connectivity index (χ1v) is 7.53. The van der Waals surface area contributed by atoms with Gasteiger partial charge in [-0.25, -0.2) is 4.98 Å². The number of rotatable bonds is 3. The van der Waals surface area contributed by atoms with Crippen LogP contribution in [0, 0.1) is 6.92 Å². The third kappa shape index (κ3) is 2.96. The first-order valence-electron chi connectivity index (χ1n) is 6.65. The van der Waals surface area contributed by atoms with Crippen molar-refractivity contribution in [2.75, 3.05) is 5.32 Å². The van der Waals surface area contributed by atoms with Crippen LogP contribution in [-0.2, 0) is 0 Å². The highest BCUT2D eigenvalue weighted by Crippen LogP contribution is 2.25. The van der Waals surface area contributed by atoms with Crippen molar-refractivity contribution in [3.63, 3.8) is 0 Å². The van der Waals surface area contributed by atoms with Crippen molar-refractivity contribution in [2.45, 2.75) is 6.92 Å². The third-order valence-corrected chi connectivity index (χ3v) is 3.89. The largest absolute Gasteiger partial charge is 0.328 e. The Morgan fingerprint density at radius 3 is 2.73 bits per heavy atom. The van der Waals surface area contributed by atoms with E-state index < -0.39 is 11.5 Å². The molecule has 2 N–H and O–H groups in total. The number of carbonyl (C=O) groups is 1. The third-order valence-electron chi connectivity index (χ3n) is 3.13. The molecule has 1 aromatic carbocycles. The fraction of sp³-hybridized carbons (Fsp3) is 0.0625. The lowest BCUT2D eigenvalue weighted by atomic mass is 10.1. The van der Waals surface area contributed by atoms with E-state index in [1.165, 1.54) is 29.2 Å². The van der Waals surface area contributed by atoms with Crippen LogP contribution in [0.25, 0.3) is 11.3 Å². The molecule has 0 fully saturated rings. The van der Waals surface area contributed by atoms with E-state index in [2.05, 4.69) is 15.3 Å². The lowest BCUT2D eigenvalue weighted by molar-refractivity contribution is 0.102. The summed E-state index contributed by atoms with van der Waals surface area (Å²) in [5.41, 5.74) is 2.60. The molecule has 0 aliphatic rings. The van der Waals surface area contributed by atoms with E-state index in [0.29, 0.717) is 5.13 Å². The fourth-order valence-corrected chi connectivity index (χ4v) is 2.67. The van der Waals surface area contributed by atoms with Gasteiger partial charge in [0.25, 0.3) is 11.5 Å². The molecule has 110 valence electrons. The Balaban J connectivity index is 1.80. The standard InChI is InChI=1S/C16H13N3O2S/c1-10-4-6-11(7-5-10)13-9-22-16(18-13)19-15(21)12-3-2-8-17-14(12)20/h2-9H,1H3,(H,17,20)(H,18,19,21). The number of carbonyl (C=O) groups excluding carboxylic acids is 1. The first kappa shape index (κ1) is 14.2. The quantitative estimate of drug-likeness (QED) is 0.780. The van der Waals surface area contributed by atoms with Crippen LogP contribution in [-0.4, -0.2) is 15.9 Å². The van der Waals surface area contributed by atoms with Gasteiger partial charge in [-0.3, -0.25) is 14.9 Å². The maximum Gasteiger partial charge on any atom is 0.263 e. The molecule has 0 aliphatic carbocycles. The molecule has 2 heterocycles. The minimum absolute atomic E-state index is 0.0644. The summed E-state index contributed by atoms with van der Waals surface area (Å²) in [5.74, 6) is -0.466. The Labute approximate surface area is 130 Å². The van der Waals surface area contributed by atoms with Crippen LogP contribution in [0.5, 0.6) is 0 Å². The molecule has 0 unspecified atom stereocenters. The number of nitrogens with one attached hydrogen (secondary N) is 2. The van der Waals surface area contributed by atoms with Crippen LogP contribution in [0.2, 0.25) is 0 Å². The highest BCUT2D eigenvalue weighted by molar-refractivity contribution is 7.14. The molecular weight excluding hydrogens is 298 g/mol. The van der Waals surface area contributed by atoms with Crippen LogP contribution in [0.4, 0.5) is 5.13 Å². The highest BCUT2D eigenvalue weighted by Gasteiger charge is 2.12. The molecule has 3 aromatic rings. The molecule has 5 nitrogen and oxygen atoms in total. The number of amides is 1. The molecule has 3 rings (SSSR count). The van der Waals surface area contributed by atoms with Crippen molar-refractivity contribution in [3.8, 4) is 11.3 Å². The minimum Gasteiger partial charge on any atom is -0.328 e. The molecule has 1 amide bonds. The average Bonchev–Trinajstić information content (AvgIpc) is 2.97. The van der Waals surface area contributed by atoms with E-state index in [-0.39, 0.29) is 5.56 Å². The fourth-order valence-electron chi connectivity index (χ4n) is 1.95. The number of H-pyrrole nitrogens is 1. The number of benzene rings is 1. The van der Waals surface area contributed by atoms with Crippen molar-refractivity contribution >= 4 is 22.4 Å². The van der Waals surface area contributed by atoms with Crippen LogP contribution in [0.15, 0.2) is 52.8 Å². The van der Waals surface area contributed by atoms with E-state index >= 15 is 0 Å². The Bertz CT molecular complexity index is 865. The molecule has 22 heavy (non-hydrogen) atoms. The second-order valence-electron chi connectivity index (χ2n) is 4.77. The van der Waals surface area contributed by atoms with Crippen LogP contribution in [0.3, 0.4) is 0 Å². The zero-order chi connectivity index (χ0) is 15.5. The summed E-state index contributed by atoms with van der Waals surface area (Å²) in [6.45, 7) is 2.02. The highest BCUT2D eigenvalue weighted by atomic mass is 32.1. The summed E-state index contributed by atoms with van der Waals surface area (Å²) in [6.07, 6.45) is 1.48. The van der Waals surface area contributed by atoms with E-state index in [1.54, 1.807) is 6.07 Å². The Morgan fingerprint density at radius 2 is 2.00 bits per heavy atom. The SMILES string of the molecule is Cc1ccc(-c2csc(NC(=O)c3ccc[nH]c3=O)n2)cc1. The van der Waals surface area contributed by atoms with Crippen LogP contribution in [0.1, 0.15) is 15.9 Å². The van der Waals surface area contributed by atoms with Gasteiger partial charge in [-0.2, -0.15) is 0 Å². The predicted molar refractivity (Wildman–Crippen MR) is 87.3 cm³/mol. The van der Waals surface area contributed by atoms with Gasteiger partial charge < -0.3 is 4.98 Å². The molecule has 0 atom stereocenters. The van der Waals surface area contributed by atoms with Gasteiger partial charge in [0.15, 0.2) is 5.13 Å². The number of anilines is 1. The number of nitrogens with zero attached hydrogens (tertiary/aromatic N) is 1. The summed E-state index contributed by atoms with van der Waals surface area (Å²) in [4.78, 5) is 30.5. The number of aromatic nitrogens is 2. The first-order chi connectivity index (χ1) is 10.6. The summed E-state index contributed by atoms with van der Waals surface area (Å²) in [5, 5.41) is 4.98. The monoisotopic (exact) mass is 311 g/mol. The molecule has 2 aromatic heterocycles. The van der Waals surface area contributed by atoms with Gasteiger partial charge in [0, 0.05) is 17.1 Å². The van der Waals surface area contributed by atoms with Crippen molar-refractivity contribution in [1.29, 1.82) is 0 Å². The van der Waals surface area contributed by atoms with E-state index in [0.717, 1.165) is 11.3 Å². The van der Waals surface area contributed by atoms with E-state index in [9.17, 15) is 9.59 Å². The second-order valence-corrected chi connectivity index (χ2v) is 5.63. The van der Waals surface area contributed by atoms with Gasteiger partial charge in [-0.1, -0.05) is 29.8 Å². The summed E-state index contributed by atoms with van der Waals surface area (Å²) in [7, 11) is 0. The van der Waals surface area contributed by atoms with Gasteiger partial charge in [-0.05, 0) is 19.1 Å². The predicted octanol–water partition coefficient (Wildman–Crippen LogP) is 3.06. The molecule has 0 saturated carbocycles. The van der Waals surface area contributed by atoms with Crippen LogP contribution < -0.4 is 10.9 Å². The number of aryl methyl sites for hydroxylation is 1. The van der Waals surface area contributed by atoms with Gasteiger partial charge in [0.1, 0.15) is 5.56 Å². The number of aromatic amines is 1. The van der Waals surface area contributed by atoms with Crippen molar-refractivity contribution in [1.82, 2.24) is 9.97 Å². The van der Waals surface area contributed by atoms with Gasteiger partial charge in [0.05, 0.1) is 5.69 Å². The van der Waals surface area contributed by atoms with E-state index in [4.69, 9.17) is 0 Å². The number of thiazole rings is 1. The van der Waals surface area contributed by atoms with Crippen molar-refractivity contribution < 1.29 is 4.79 Å². The Morgan fingerprint density at radius 1 is 1.23 bits per heavy atom. The van der Waals surface area contributed by atoms with E-state index in [1.807, 2.05) is 36.6 Å². The van der Waals surface area contributed by atoms with Gasteiger partial charge in [0.2, 0.25) is 0 Å². The number of hydrogen-bond donors (Lipinski definition) is 2. The normalized spacial score (nSPS) is 10.4. The molecule has 6 heteroatoms. The lowest BCUT2D eigenvalue weighted by Crippen LogP contribution is -2.22. The summed E-state index contributed by atoms with van der Waals surface area (Å²) < 4.78 is 0. The smallest absolute Gasteiger partial charge is 0.263 e. The molecule has 0 spiro atoms. The Kier molecular flexibility index (Phi) is 3.84. The maximum absolute atomic E-state index is 12.1. The molecular formula is C16H13N3O2S. The summed E-state index contributed by atoms with van der Waals surface area (Å²) in [6, 6.07) is 11.1. The van der Waals surface area contributed by atoms with Crippen molar-refractivity contribution in [2.24, 2.45) is 0 Å². The molecule has 0 radical (unpaired) electrons. The lowest BCUT2D eigenvalue weighted by Gasteiger charge is -2.00. The topological polar surface area (TPSA) is 74.8 Å². The zero-order valence-electron chi connectivity index (χ0n) is 11.8. The molecule has 0 bridgehead atoms. The minimum atomic E-state index is -0.466. The number of pyridine rings is 1. The Hall–Kier alpha value is -2.73. The van der Waals surface area contributed by atoms with Gasteiger partial charge >= 0.3 is 0 Å². The zero-order valence-corrected chi connectivity index (χ0v) is 12.6.